The summed E-state index contributed by atoms with van der Waals surface area (Å²) in [5.41, 5.74) is 12.1. The number of amides is 12. The average Bonchev–Trinajstić information content (AvgIpc) is 0.840. The minimum atomic E-state index is -2.12. The van der Waals surface area contributed by atoms with Gasteiger partial charge in [0.15, 0.2) is 5.96 Å². The zero-order valence-corrected chi connectivity index (χ0v) is 62.6. The van der Waals surface area contributed by atoms with E-state index in [1.165, 1.54) is 79.7 Å². The van der Waals surface area contributed by atoms with Gasteiger partial charge in [-0.2, -0.15) is 0 Å². The molecule has 628 valence electrons. The highest BCUT2D eigenvalue weighted by molar-refractivity contribution is 6.01. The van der Waals surface area contributed by atoms with Crippen LogP contribution in [0.15, 0.2) is 103 Å². The highest BCUT2D eigenvalue weighted by Crippen LogP contribution is 2.18. The molecular weight excluding hydrogens is 1530 g/mol. The number of hydrogen-bond donors (Lipinski definition) is 25. The van der Waals surface area contributed by atoms with E-state index in [1.807, 2.05) is 10.6 Å². The van der Waals surface area contributed by atoms with Crippen LogP contribution in [0.4, 0.5) is 0 Å². The molecule has 0 unspecified atom stereocenters. The molecule has 0 spiro atoms. The largest absolute Gasteiger partial charge is 0.508 e. The van der Waals surface area contributed by atoms with Crippen LogP contribution in [0.5, 0.6) is 17.2 Å². The van der Waals surface area contributed by atoms with Gasteiger partial charge in [0.1, 0.15) is 77.7 Å². The maximum Gasteiger partial charge on any atom is 0.326 e. The number of aliphatic carboxylic acids is 6. The molecule has 43 heteroatoms. The summed E-state index contributed by atoms with van der Waals surface area (Å²) >= 11 is 0. The Morgan fingerprint density at radius 2 is 0.690 bits per heavy atom. The Hall–Kier alpha value is -14.0. The predicted molar refractivity (Wildman–Crippen MR) is 401 cm³/mol. The van der Waals surface area contributed by atoms with Gasteiger partial charge in [-0.3, -0.25) is 86.9 Å². The zero-order chi connectivity index (χ0) is 86.5. The first kappa shape index (κ1) is 94.3. The molecule has 0 saturated heterocycles. The summed E-state index contributed by atoms with van der Waals surface area (Å²) in [5.74, 6) is -26.3. The van der Waals surface area contributed by atoms with E-state index >= 15 is 0 Å². The molecule has 0 bridgehead atoms. The number of benzene rings is 4. The second-order valence-corrected chi connectivity index (χ2v) is 26.5. The van der Waals surface area contributed by atoms with Gasteiger partial charge in [-0.1, -0.05) is 87.0 Å². The van der Waals surface area contributed by atoms with Gasteiger partial charge in [0.2, 0.25) is 70.9 Å². The molecule has 0 aliphatic rings. The average molecular weight is 1630 g/mol. The zero-order valence-electron chi connectivity index (χ0n) is 62.6. The molecule has 0 radical (unpaired) electrons. The van der Waals surface area contributed by atoms with E-state index in [0.717, 1.165) is 0 Å². The molecule has 116 heavy (non-hydrogen) atoms. The Bertz CT molecular complexity index is 4180. The Kier molecular flexibility index (Phi) is 38.5. The van der Waals surface area contributed by atoms with Crippen LogP contribution in [0.2, 0.25) is 0 Å². The monoisotopic (exact) mass is 1630 g/mol. The van der Waals surface area contributed by atoms with E-state index in [4.69, 9.17) is 22.0 Å². The maximum atomic E-state index is 14.8. The molecule has 0 saturated carbocycles. The van der Waals surface area contributed by atoms with Crippen molar-refractivity contribution in [3.05, 3.63) is 125 Å². The number of nitrogens with one attached hydrogen (secondary N) is 14. The minimum Gasteiger partial charge on any atom is -0.508 e. The number of carboxylic acid groups (broad SMARTS) is 6. The number of carboxylic acids is 6. The molecule has 4 rings (SSSR count). The van der Waals surface area contributed by atoms with Crippen molar-refractivity contribution in [3.63, 3.8) is 0 Å². The lowest BCUT2D eigenvalue weighted by atomic mass is 9.96. The summed E-state index contributed by atoms with van der Waals surface area (Å²) in [6.45, 7) is 0.765. The SMILES string of the molecule is CC[C@H](C)[C@H](NC(=O)[C@H](Cc1ccc(O)cc1)NC(=O)CNC(=O)[C@H](CC(=O)O)NC(=O)CNC(=O)[C@H](CC(=O)O)NC(=O)[C@H](CCCNC(=N)N)NC(=O)[C@@H](N)CC(=O)O)C(=O)N[C@@H](CC(=O)O)C(=O)N[C@@H](Cc1ccc(O)cc1)C(=O)N[C@@H](Cc1ccc(O)cc1)C(=O)N[C@@H](CCC(=O)O)C(=O)N[C@@H](Cc1ccccc1)C(=O)O. The maximum absolute atomic E-state index is 14.8. The number of aromatic hydroxyl groups is 3. The van der Waals surface area contributed by atoms with Crippen LogP contribution in [-0.2, 0) is 112 Å². The van der Waals surface area contributed by atoms with E-state index in [9.17, 15) is 127 Å². The van der Waals surface area contributed by atoms with Crippen LogP contribution in [0.1, 0.15) is 93.9 Å². The molecule has 43 nitrogen and oxygen atoms in total. The van der Waals surface area contributed by atoms with E-state index in [1.54, 1.807) is 37.3 Å². The van der Waals surface area contributed by atoms with Gasteiger partial charge in [0.25, 0.3) is 0 Å². The van der Waals surface area contributed by atoms with Crippen molar-refractivity contribution in [2.45, 2.75) is 164 Å². The summed E-state index contributed by atoms with van der Waals surface area (Å²) < 4.78 is 0. The van der Waals surface area contributed by atoms with Crippen molar-refractivity contribution in [2.75, 3.05) is 19.6 Å². The van der Waals surface area contributed by atoms with E-state index < -0.39 is 256 Å². The van der Waals surface area contributed by atoms with Gasteiger partial charge in [0, 0.05) is 38.6 Å². The van der Waals surface area contributed by atoms with Gasteiger partial charge in [-0.15, -0.1) is 0 Å². The third kappa shape index (κ3) is 34.7. The molecule has 0 aliphatic heterocycles. The van der Waals surface area contributed by atoms with Crippen molar-refractivity contribution in [3.8, 4) is 17.2 Å². The Morgan fingerprint density at radius 3 is 1.10 bits per heavy atom. The molecule has 0 heterocycles. The number of carbonyl (C=O) groups excluding carboxylic acids is 12. The second kappa shape index (κ2) is 47.4. The van der Waals surface area contributed by atoms with Crippen LogP contribution in [0, 0.1) is 11.3 Å². The predicted octanol–water partition coefficient (Wildman–Crippen LogP) is -5.36. The molecule has 0 aromatic heterocycles. The van der Waals surface area contributed by atoms with Crippen molar-refractivity contribution in [2.24, 2.45) is 17.4 Å². The molecule has 27 N–H and O–H groups in total. The first-order valence-corrected chi connectivity index (χ1v) is 35.8. The highest BCUT2D eigenvalue weighted by atomic mass is 16.4. The summed E-state index contributed by atoms with van der Waals surface area (Å²) in [6.07, 6.45) is -7.64. The quantitative estimate of drug-likeness (QED) is 0.0111. The van der Waals surface area contributed by atoms with Gasteiger partial charge in [-0.05, 0) is 83.8 Å². The molecule has 12 atom stereocenters. The highest BCUT2D eigenvalue weighted by Gasteiger charge is 2.38. The first-order chi connectivity index (χ1) is 54.7. The van der Waals surface area contributed by atoms with Crippen LogP contribution in [0.3, 0.4) is 0 Å². The number of rotatable bonds is 50. The van der Waals surface area contributed by atoms with Gasteiger partial charge >= 0.3 is 35.8 Å². The molecule has 0 aliphatic carbocycles. The van der Waals surface area contributed by atoms with Gasteiger partial charge < -0.3 is 127 Å². The minimum absolute atomic E-state index is 0.00498. The summed E-state index contributed by atoms with van der Waals surface area (Å²) in [4.78, 5) is 239. The van der Waals surface area contributed by atoms with Crippen molar-refractivity contribution < 1.29 is 132 Å². The molecule has 4 aromatic carbocycles. The Balaban J connectivity index is 1.58. The number of guanidine groups is 1. The third-order valence-corrected chi connectivity index (χ3v) is 17.3. The van der Waals surface area contributed by atoms with Crippen molar-refractivity contribution in [1.82, 2.24) is 69.1 Å². The summed E-state index contributed by atoms with van der Waals surface area (Å²) in [6, 6.07) is 3.51. The summed E-state index contributed by atoms with van der Waals surface area (Å²) in [7, 11) is 0. The van der Waals surface area contributed by atoms with Crippen LogP contribution >= 0.6 is 0 Å². The summed E-state index contributed by atoms with van der Waals surface area (Å²) in [5, 5.41) is 125. The number of hydrogen-bond acceptors (Lipinski definition) is 23. The fraction of sp³-hybridized carbons (Fsp3) is 0.411. The lowest BCUT2D eigenvalue weighted by molar-refractivity contribution is -0.143. The topological polar surface area (TPSA) is 722 Å². The molecule has 0 fully saturated rings. The lowest BCUT2D eigenvalue weighted by Crippen LogP contribution is -2.61. The van der Waals surface area contributed by atoms with Crippen molar-refractivity contribution in [1.29, 1.82) is 5.41 Å². The number of phenols is 3. The van der Waals surface area contributed by atoms with Crippen LogP contribution in [0.25, 0.3) is 0 Å². The van der Waals surface area contributed by atoms with Crippen LogP contribution in [-0.4, -0.2) is 245 Å². The van der Waals surface area contributed by atoms with Gasteiger partial charge in [0.05, 0.1) is 44.8 Å². The van der Waals surface area contributed by atoms with Crippen molar-refractivity contribution >= 4 is 113 Å². The molecule has 4 aromatic rings. The van der Waals surface area contributed by atoms with E-state index in [0.29, 0.717) is 5.56 Å². The first-order valence-electron chi connectivity index (χ1n) is 35.8. The second-order valence-electron chi connectivity index (χ2n) is 26.5. The Morgan fingerprint density at radius 1 is 0.362 bits per heavy atom. The molecular formula is C73H94N16O27. The smallest absolute Gasteiger partial charge is 0.326 e. The normalized spacial score (nSPS) is 13.9. The van der Waals surface area contributed by atoms with Crippen LogP contribution < -0.4 is 80.6 Å². The fourth-order valence-electron chi connectivity index (χ4n) is 11.0. The molecule has 12 amide bonds. The standard InChI is InChI=1S/C73H94N16O27/c1-3-36(2)61(89-70(113)47(26-38-11-17-41(90)18-12-38)80-54(93)34-78-63(106)50(31-58(99)100)81-55(94)35-79-64(107)51(32-59(101)102)86-65(108)45(10-7-25-77-73(75)76)82-62(105)44(74)30-57(97)98)71(114)87-52(33-60(103)104)69(112)85-49(28-40-15-21-43(92)22-16-40)68(111)84-48(27-39-13-19-42(91)20-14-39)67(110)83-46(23-24-56(95)96)66(109)88-53(72(115)116)29-37-8-5-4-6-9-37/h4-6,8-9,11-22,36,44-53,61,90-92H,3,7,10,23-35,74H2,1-2H3,(H,78,106)(H,79,107)(H,80,93)(H,81,94)(H,82,105)(H,83,110)(H,84,111)(H,85,112)(H,86,108)(H,87,114)(H,88,109)(H,89,113)(H,95,96)(H,97,98)(H,99,100)(H,101,102)(H,103,104)(H,115,116)(H4,75,76,77)/t36-,44-,45-,46-,47-,48-,49-,50-,51-,52-,53-,61-/m0/s1. The number of phenolic OH excluding ortho intramolecular Hbond substituents is 3. The number of carbonyl (C=O) groups is 18. The number of nitrogens with two attached hydrogens (primary N) is 2. The van der Waals surface area contributed by atoms with E-state index in [2.05, 4.69) is 58.5 Å². The third-order valence-electron chi connectivity index (χ3n) is 17.3. The Labute approximate surface area is 660 Å². The van der Waals surface area contributed by atoms with E-state index in [-0.39, 0.29) is 66.2 Å². The van der Waals surface area contributed by atoms with Gasteiger partial charge in [-0.25, -0.2) is 4.79 Å². The fourth-order valence-corrected chi connectivity index (χ4v) is 11.0. The lowest BCUT2D eigenvalue weighted by Gasteiger charge is -2.29.